The number of amides is 1. The lowest BCUT2D eigenvalue weighted by Gasteiger charge is -2.33. The van der Waals surface area contributed by atoms with Crippen LogP contribution in [0.2, 0.25) is 0 Å². The highest BCUT2D eigenvalue weighted by atomic mass is 35.5. The average Bonchev–Trinajstić information content (AvgIpc) is 3.02. The second-order valence-corrected chi connectivity index (χ2v) is 6.37. The van der Waals surface area contributed by atoms with Gasteiger partial charge in [-0.3, -0.25) is 9.78 Å². The summed E-state index contributed by atoms with van der Waals surface area (Å²) in [5, 5.41) is 12.7. The number of hydrogen-bond donors (Lipinski definition) is 1. The molecule has 0 aliphatic carbocycles. The van der Waals surface area contributed by atoms with Crippen molar-refractivity contribution in [1.82, 2.24) is 30.2 Å². The first-order valence-electron chi connectivity index (χ1n) is 8.44. The van der Waals surface area contributed by atoms with Gasteiger partial charge in [0, 0.05) is 37.3 Å². The number of aromatic nitrogens is 4. The van der Waals surface area contributed by atoms with Crippen LogP contribution in [0.4, 0.5) is 0 Å². The molecule has 0 unspecified atom stereocenters. The van der Waals surface area contributed by atoms with Gasteiger partial charge in [0.25, 0.3) is 5.91 Å². The number of halogens is 2. The van der Waals surface area contributed by atoms with Crippen LogP contribution in [0.3, 0.4) is 0 Å². The van der Waals surface area contributed by atoms with Crippen LogP contribution < -0.4 is 5.32 Å². The molecule has 0 radical (unpaired) electrons. The van der Waals surface area contributed by atoms with Crippen molar-refractivity contribution in [2.75, 3.05) is 19.6 Å². The molecule has 144 valence electrons. The third kappa shape index (κ3) is 3.90. The fourth-order valence-electron chi connectivity index (χ4n) is 3.25. The van der Waals surface area contributed by atoms with E-state index < -0.39 is 0 Å². The predicted molar refractivity (Wildman–Crippen MR) is 109 cm³/mol. The van der Waals surface area contributed by atoms with Crippen molar-refractivity contribution in [3.05, 3.63) is 47.9 Å². The van der Waals surface area contributed by atoms with Gasteiger partial charge in [0.05, 0.1) is 16.9 Å². The molecule has 3 aromatic rings. The molecule has 27 heavy (non-hydrogen) atoms. The number of carbonyl (C=O) groups excluding carboxylic acids is 1. The van der Waals surface area contributed by atoms with Gasteiger partial charge in [-0.2, -0.15) is 0 Å². The molecule has 7 nitrogen and oxygen atoms in total. The Morgan fingerprint density at radius 2 is 2.07 bits per heavy atom. The van der Waals surface area contributed by atoms with Crippen LogP contribution in [-0.4, -0.2) is 56.5 Å². The number of hydrogen-bond acceptors (Lipinski definition) is 5. The number of rotatable bonds is 2. The van der Waals surface area contributed by atoms with Gasteiger partial charge in [0.1, 0.15) is 0 Å². The number of pyridine rings is 1. The van der Waals surface area contributed by atoms with E-state index in [1.807, 2.05) is 49.1 Å². The minimum atomic E-state index is -0.0554. The SMILES string of the molecule is Cc1c(C(=O)N2CCNC[C@@H]2C)nnn1-c1ccc2ncccc2c1.Cl.Cl. The number of nitrogens with one attached hydrogen (secondary N) is 1. The van der Waals surface area contributed by atoms with Gasteiger partial charge >= 0.3 is 0 Å². The summed E-state index contributed by atoms with van der Waals surface area (Å²) in [6.07, 6.45) is 1.77. The summed E-state index contributed by atoms with van der Waals surface area (Å²) in [5.74, 6) is -0.0554. The van der Waals surface area contributed by atoms with E-state index in [0.29, 0.717) is 12.2 Å². The number of benzene rings is 1. The van der Waals surface area contributed by atoms with E-state index in [4.69, 9.17) is 0 Å². The Morgan fingerprint density at radius 3 is 2.85 bits per heavy atom. The zero-order valence-corrected chi connectivity index (χ0v) is 16.8. The van der Waals surface area contributed by atoms with Gasteiger partial charge in [0.15, 0.2) is 5.69 Å². The molecule has 2 aromatic heterocycles. The summed E-state index contributed by atoms with van der Waals surface area (Å²) >= 11 is 0. The summed E-state index contributed by atoms with van der Waals surface area (Å²) < 4.78 is 1.71. The number of carbonyl (C=O) groups is 1. The Morgan fingerprint density at radius 1 is 1.26 bits per heavy atom. The molecule has 4 rings (SSSR count). The number of piperazine rings is 1. The summed E-state index contributed by atoms with van der Waals surface area (Å²) in [5.41, 5.74) is 2.96. The van der Waals surface area contributed by atoms with Crippen molar-refractivity contribution in [2.45, 2.75) is 19.9 Å². The van der Waals surface area contributed by atoms with E-state index in [1.165, 1.54) is 0 Å². The molecule has 0 bridgehead atoms. The average molecular weight is 409 g/mol. The van der Waals surface area contributed by atoms with Crippen molar-refractivity contribution < 1.29 is 4.79 Å². The minimum Gasteiger partial charge on any atom is -0.332 e. The molecule has 1 fully saturated rings. The molecule has 1 aromatic carbocycles. The van der Waals surface area contributed by atoms with Gasteiger partial charge in [-0.1, -0.05) is 11.3 Å². The fourth-order valence-corrected chi connectivity index (χ4v) is 3.25. The Bertz CT molecular complexity index is 945. The second-order valence-electron chi connectivity index (χ2n) is 6.37. The lowest BCUT2D eigenvalue weighted by atomic mass is 10.1. The Labute approximate surface area is 170 Å². The predicted octanol–water partition coefficient (Wildman–Crippen LogP) is 2.40. The second kappa shape index (κ2) is 8.65. The molecule has 1 saturated heterocycles. The first-order valence-corrected chi connectivity index (χ1v) is 8.44. The maximum Gasteiger partial charge on any atom is 0.276 e. The van der Waals surface area contributed by atoms with E-state index in [9.17, 15) is 4.79 Å². The summed E-state index contributed by atoms with van der Waals surface area (Å²) in [4.78, 5) is 19.1. The standard InChI is InChI=1S/C18H20N6O.2ClH/c1-12-11-19-8-9-23(12)18(25)17-13(2)24(22-21-17)15-5-6-16-14(10-15)4-3-7-20-16;;/h3-7,10,12,19H,8-9,11H2,1-2H3;2*1H/t12-;;/m0../s1. The van der Waals surface area contributed by atoms with E-state index >= 15 is 0 Å². The normalized spacial score (nSPS) is 16.5. The maximum absolute atomic E-state index is 12.9. The molecule has 1 atom stereocenters. The number of fused-ring (bicyclic) bond motifs is 1. The molecule has 1 N–H and O–H groups in total. The molecular weight excluding hydrogens is 387 g/mol. The highest BCUT2D eigenvalue weighted by Gasteiger charge is 2.28. The smallest absolute Gasteiger partial charge is 0.276 e. The Kier molecular flexibility index (Phi) is 6.75. The Balaban J connectivity index is 0.00000131. The van der Waals surface area contributed by atoms with Crippen LogP contribution >= 0.6 is 24.8 Å². The minimum absolute atomic E-state index is 0. The lowest BCUT2D eigenvalue weighted by molar-refractivity contribution is 0.0649. The third-order valence-corrected chi connectivity index (χ3v) is 4.69. The van der Waals surface area contributed by atoms with Crippen LogP contribution in [0.15, 0.2) is 36.5 Å². The van der Waals surface area contributed by atoms with Crippen molar-refractivity contribution in [3.8, 4) is 5.69 Å². The molecule has 9 heteroatoms. The fraction of sp³-hybridized carbons (Fsp3) is 0.333. The largest absolute Gasteiger partial charge is 0.332 e. The molecular formula is C18H22Cl2N6O. The zero-order chi connectivity index (χ0) is 17.4. The summed E-state index contributed by atoms with van der Waals surface area (Å²) in [6, 6.07) is 9.96. The van der Waals surface area contributed by atoms with E-state index in [0.717, 1.165) is 35.4 Å². The van der Waals surface area contributed by atoms with Gasteiger partial charge in [0.2, 0.25) is 0 Å². The van der Waals surface area contributed by atoms with Crippen LogP contribution in [0, 0.1) is 6.92 Å². The van der Waals surface area contributed by atoms with Crippen LogP contribution in [0.5, 0.6) is 0 Å². The summed E-state index contributed by atoms with van der Waals surface area (Å²) in [6.45, 7) is 6.22. The monoisotopic (exact) mass is 408 g/mol. The van der Waals surface area contributed by atoms with E-state index in [2.05, 4.69) is 20.6 Å². The summed E-state index contributed by atoms with van der Waals surface area (Å²) in [7, 11) is 0. The molecule has 1 amide bonds. The molecule has 3 heterocycles. The third-order valence-electron chi connectivity index (χ3n) is 4.69. The van der Waals surface area contributed by atoms with E-state index in [-0.39, 0.29) is 36.8 Å². The van der Waals surface area contributed by atoms with Crippen molar-refractivity contribution in [1.29, 1.82) is 0 Å². The molecule has 1 aliphatic rings. The molecule has 0 spiro atoms. The van der Waals surface area contributed by atoms with E-state index in [1.54, 1.807) is 10.9 Å². The lowest BCUT2D eigenvalue weighted by Crippen LogP contribution is -2.52. The van der Waals surface area contributed by atoms with Gasteiger partial charge < -0.3 is 10.2 Å². The van der Waals surface area contributed by atoms with Gasteiger partial charge in [-0.05, 0) is 38.1 Å². The van der Waals surface area contributed by atoms with Crippen LogP contribution in [-0.2, 0) is 0 Å². The van der Waals surface area contributed by atoms with Crippen LogP contribution in [0.25, 0.3) is 16.6 Å². The molecule has 0 saturated carbocycles. The highest BCUT2D eigenvalue weighted by Crippen LogP contribution is 2.19. The van der Waals surface area contributed by atoms with Gasteiger partial charge in [-0.25, -0.2) is 4.68 Å². The van der Waals surface area contributed by atoms with Gasteiger partial charge in [-0.15, -0.1) is 29.9 Å². The first-order chi connectivity index (χ1) is 12.1. The highest BCUT2D eigenvalue weighted by molar-refractivity contribution is 5.93. The Hall–Kier alpha value is -2.22. The topological polar surface area (TPSA) is 75.9 Å². The first kappa shape index (κ1) is 21.1. The zero-order valence-electron chi connectivity index (χ0n) is 15.1. The quantitative estimate of drug-likeness (QED) is 0.704. The van der Waals surface area contributed by atoms with Crippen LogP contribution in [0.1, 0.15) is 23.1 Å². The van der Waals surface area contributed by atoms with Crippen molar-refractivity contribution in [2.24, 2.45) is 0 Å². The van der Waals surface area contributed by atoms with Crippen molar-refractivity contribution in [3.63, 3.8) is 0 Å². The van der Waals surface area contributed by atoms with Crippen molar-refractivity contribution >= 4 is 41.6 Å². The number of nitrogens with zero attached hydrogens (tertiary/aromatic N) is 5. The maximum atomic E-state index is 12.9. The molecule has 1 aliphatic heterocycles.